The maximum Gasteiger partial charge on any atom is 0.131 e. The van der Waals surface area contributed by atoms with E-state index in [2.05, 4.69) is 21.0 Å². The van der Waals surface area contributed by atoms with Crippen LogP contribution in [0.1, 0.15) is 0 Å². The molecule has 0 radical (unpaired) electrons. The van der Waals surface area contributed by atoms with Crippen molar-refractivity contribution < 1.29 is 5.11 Å². The summed E-state index contributed by atoms with van der Waals surface area (Å²) in [6, 6.07) is 0. The minimum absolute atomic E-state index is 0.266. The third-order valence-corrected chi connectivity index (χ3v) is 2.45. The van der Waals surface area contributed by atoms with Crippen molar-refractivity contribution in [3.8, 4) is 12.3 Å². The van der Waals surface area contributed by atoms with Crippen LogP contribution in [0.5, 0.6) is 0 Å². The Labute approximate surface area is 97.2 Å². The highest BCUT2D eigenvalue weighted by Crippen LogP contribution is 2.14. The van der Waals surface area contributed by atoms with Crippen molar-refractivity contribution in [1.82, 2.24) is 4.90 Å². The van der Waals surface area contributed by atoms with Crippen molar-refractivity contribution in [2.45, 2.75) is 0 Å². The first-order chi connectivity index (χ1) is 6.76. The molecule has 1 saturated heterocycles. The summed E-state index contributed by atoms with van der Waals surface area (Å²) in [5, 5.41) is 16.7. The van der Waals surface area contributed by atoms with Crippen LogP contribution in [0.3, 0.4) is 0 Å². The van der Waals surface area contributed by atoms with Crippen LogP contribution in [0, 0.1) is 18.3 Å². The first kappa shape index (κ1) is 11.6. The Balaban J connectivity index is 2.17. The first-order valence-electron chi connectivity index (χ1n) is 4.28. The van der Waals surface area contributed by atoms with Crippen molar-refractivity contribution in [3.63, 3.8) is 0 Å². The number of aliphatic hydroxyl groups excluding tert-OH is 1. The summed E-state index contributed by atoms with van der Waals surface area (Å²) < 4.78 is 0.712. The van der Waals surface area contributed by atoms with E-state index in [-0.39, 0.29) is 6.61 Å². The molecule has 1 fully saturated rings. The zero-order chi connectivity index (χ0) is 10.4. The smallest absolute Gasteiger partial charge is 0.131 e. The van der Waals surface area contributed by atoms with E-state index in [1.54, 1.807) is 6.08 Å². The normalized spacial score (nSPS) is 19.6. The monoisotopic (exact) mass is 305 g/mol. The molecular formula is C9H12IN3O. The van der Waals surface area contributed by atoms with Gasteiger partial charge >= 0.3 is 0 Å². The molecule has 0 aliphatic carbocycles. The van der Waals surface area contributed by atoms with Gasteiger partial charge in [0.2, 0.25) is 0 Å². The molecule has 5 heteroatoms. The van der Waals surface area contributed by atoms with Gasteiger partial charge in [0.15, 0.2) is 0 Å². The predicted molar refractivity (Wildman–Crippen MR) is 62.8 cm³/mol. The number of terminal acetylenes is 1. The summed E-state index contributed by atoms with van der Waals surface area (Å²) >= 11 is 2.03. The van der Waals surface area contributed by atoms with Gasteiger partial charge in [0, 0.05) is 31.7 Å². The van der Waals surface area contributed by atoms with E-state index in [0.717, 1.165) is 13.1 Å². The maximum absolute atomic E-state index is 8.77. The number of hydrogen-bond acceptors (Lipinski definition) is 4. The molecule has 1 N–H and O–H groups in total. The highest BCUT2D eigenvalue weighted by molar-refractivity contribution is 14.1. The van der Waals surface area contributed by atoms with Gasteiger partial charge in [0.1, 0.15) is 10.4 Å². The minimum atomic E-state index is 0.266. The average molecular weight is 305 g/mol. The zero-order valence-electron chi connectivity index (χ0n) is 7.73. The Hall–Kier alpha value is -0.450. The molecule has 0 aromatic heterocycles. The molecule has 14 heavy (non-hydrogen) atoms. The standard InChI is InChI=1S/C9H12IN3O/c1-2-3-9(10)12-11-7-13-4-8(5-13)6-14/h1,3,8,14H,4-7H2/b9-3-,12-11?. The molecule has 1 heterocycles. The molecule has 0 bridgehead atoms. The van der Waals surface area contributed by atoms with E-state index in [4.69, 9.17) is 11.5 Å². The molecule has 1 rings (SSSR count). The van der Waals surface area contributed by atoms with Crippen LogP contribution in [0.4, 0.5) is 0 Å². The Bertz CT molecular complexity index is 276. The number of nitrogens with zero attached hydrogens (tertiary/aromatic N) is 3. The lowest BCUT2D eigenvalue weighted by atomic mass is 10.0. The van der Waals surface area contributed by atoms with Gasteiger partial charge in [0.25, 0.3) is 0 Å². The zero-order valence-corrected chi connectivity index (χ0v) is 9.88. The van der Waals surface area contributed by atoms with Crippen LogP contribution in [-0.2, 0) is 0 Å². The van der Waals surface area contributed by atoms with Crippen LogP contribution < -0.4 is 0 Å². The van der Waals surface area contributed by atoms with Gasteiger partial charge in [-0.25, -0.2) is 0 Å². The molecule has 0 atom stereocenters. The first-order valence-corrected chi connectivity index (χ1v) is 5.36. The summed E-state index contributed by atoms with van der Waals surface area (Å²) in [6.07, 6.45) is 6.63. The number of aliphatic hydroxyl groups is 1. The number of halogens is 1. The second kappa shape index (κ2) is 6.11. The van der Waals surface area contributed by atoms with Gasteiger partial charge in [-0.1, -0.05) is 5.92 Å². The van der Waals surface area contributed by atoms with Crippen molar-refractivity contribution in [1.29, 1.82) is 0 Å². The minimum Gasteiger partial charge on any atom is -0.396 e. The summed E-state index contributed by atoms with van der Waals surface area (Å²) in [5.41, 5.74) is 0. The number of azo groups is 1. The topological polar surface area (TPSA) is 48.2 Å². The van der Waals surface area contributed by atoms with Crippen LogP contribution in [0.25, 0.3) is 0 Å². The van der Waals surface area contributed by atoms with Crippen molar-refractivity contribution in [3.05, 3.63) is 9.78 Å². The van der Waals surface area contributed by atoms with Gasteiger partial charge in [-0.15, -0.1) is 11.5 Å². The fourth-order valence-electron chi connectivity index (χ4n) is 1.19. The fourth-order valence-corrected chi connectivity index (χ4v) is 1.53. The maximum atomic E-state index is 8.77. The second-order valence-corrected chi connectivity index (χ2v) is 4.21. The molecule has 0 aromatic carbocycles. The predicted octanol–water partition coefficient (Wildman–Crippen LogP) is 1.23. The number of hydrogen-bond donors (Lipinski definition) is 1. The second-order valence-electron chi connectivity index (χ2n) is 3.10. The van der Waals surface area contributed by atoms with Crippen LogP contribution in [0.15, 0.2) is 20.0 Å². The van der Waals surface area contributed by atoms with E-state index in [1.807, 2.05) is 22.6 Å². The molecule has 0 unspecified atom stereocenters. The van der Waals surface area contributed by atoms with Gasteiger partial charge in [-0.3, -0.25) is 4.90 Å². The summed E-state index contributed by atoms with van der Waals surface area (Å²) in [4.78, 5) is 2.12. The van der Waals surface area contributed by atoms with Crippen LogP contribution in [0.2, 0.25) is 0 Å². The Morgan fingerprint density at radius 1 is 1.71 bits per heavy atom. The molecule has 4 nitrogen and oxygen atoms in total. The largest absolute Gasteiger partial charge is 0.396 e. The Morgan fingerprint density at radius 2 is 2.43 bits per heavy atom. The third kappa shape index (κ3) is 3.74. The van der Waals surface area contributed by atoms with Gasteiger partial charge in [-0.2, -0.15) is 5.11 Å². The molecular weight excluding hydrogens is 293 g/mol. The highest BCUT2D eigenvalue weighted by atomic mass is 127. The third-order valence-electron chi connectivity index (χ3n) is 1.92. The number of rotatable bonds is 4. The summed E-state index contributed by atoms with van der Waals surface area (Å²) in [6.45, 7) is 2.67. The van der Waals surface area contributed by atoms with Gasteiger partial charge in [-0.05, 0) is 22.6 Å². The van der Waals surface area contributed by atoms with E-state index >= 15 is 0 Å². The molecule has 76 valence electrons. The lowest BCUT2D eigenvalue weighted by molar-refractivity contribution is 0.0554. The van der Waals surface area contributed by atoms with E-state index < -0.39 is 0 Å². The number of likely N-dealkylation sites (tertiary alicyclic amines) is 1. The summed E-state index contributed by atoms with van der Waals surface area (Å²) in [7, 11) is 0. The Kier molecular flexibility index (Phi) is 5.07. The summed E-state index contributed by atoms with van der Waals surface area (Å²) in [5.74, 6) is 2.80. The fraction of sp³-hybridized carbons (Fsp3) is 0.556. The highest BCUT2D eigenvalue weighted by Gasteiger charge is 2.24. The van der Waals surface area contributed by atoms with E-state index in [9.17, 15) is 0 Å². The molecule has 1 aliphatic heterocycles. The molecule has 0 aromatic rings. The molecule has 0 amide bonds. The van der Waals surface area contributed by atoms with Crippen LogP contribution >= 0.6 is 22.6 Å². The average Bonchev–Trinajstić information content (AvgIpc) is 2.09. The van der Waals surface area contributed by atoms with E-state index in [1.165, 1.54) is 0 Å². The molecule has 0 spiro atoms. The Morgan fingerprint density at radius 3 is 3.00 bits per heavy atom. The van der Waals surface area contributed by atoms with Crippen molar-refractivity contribution in [2.24, 2.45) is 16.1 Å². The number of allylic oxidation sites excluding steroid dienone is 1. The molecule has 0 saturated carbocycles. The SMILES string of the molecule is C#C/C=C(/I)N=NCN1CC(CO)C1. The van der Waals surface area contributed by atoms with E-state index in [0.29, 0.717) is 16.3 Å². The van der Waals surface area contributed by atoms with Gasteiger partial charge in [0.05, 0.1) is 0 Å². The van der Waals surface area contributed by atoms with Crippen molar-refractivity contribution in [2.75, 3.05) is 26.4 Å². The van der Waals surface area contributed by atoms with Gasteiger partial charge < -0.3 is 5.11 Å². The lowest BCUT2D eigenvalue weighted by Gasteiger charge is -2.36. The lowest BCUT2D eigenvalue weighted by Crippen LogP contribution is -2.48. The molecule has 1 aliphatic rings. The van der Waals surface area contributed by atoms with Crippen LogP contribution in [-0.4, -0.2) is 36.4 Å². The quantitative estimate of drug-likeness (QED) is 0.367. The van der Waals surface area contributed by atoms with Crippen molar-refractivity contribution >= 4 is 22.6 Å².